The van der Waals surface area contributed by atoms with E-state index < -0.39 is 10.4 Å². The molecule has 1 N–H and O–H groups in total. The third-order valence-electron chi connectivity index (χ3n) is 8.04. The summed E-state index contributed by atoms with van der Waals surface area (Å²) in [4.78, 5) is 0. The monoisotopic (exact) mass is 734 g/mol. The minimum absolute atomic E-state index is 0. The van der Waals surface area contributed by atoms with E-state index in [-0.39, 0.29) is 95.3 Å². The molecule has 2 aromatic rings. The van der Waals surface area contributed by atoms with Gasteiger partial charge >= 0.3 is 99.1 Å². The molecule has 0 spiro atoms. The van der Waals surface area contributed by atoms with Crippen molar-refractivity contribution in [2.75, 3.05) is 19.8 Å². The maximum atomic E-state index is 10.2. The van der Waals surface area contributed by atoms with Crippen LogP contribution < -0.4 is 0 Å². The van der Waals surface area contributed by atoms with Gasteiger partial charge in [-0.25, -0.2) is 4.18 Å². The van der Waals surface area contributed by atoms with Crippen molar-refractivity contribution in [3.05, 3.63) is 60.2 Å². The molecule has 0 aliphatic heterocycles. The van der Waals surface area contributed by atoms with E-state index in [0.29, 0.717) is 6.42 Å². The summed E-state index contributed by atoms with van der Waals surface area (Å²) in [5.74, 6) is 0. The Bertz CT molecular complexity index is 1010. The molecule has 0 atom stereocenters. The minimum atomic E-state index is -4.23. The zero-order valence-corrected chi connectivity index (χ0v) is 31.0. The summed E-state index contributed by atoms with van der Waals surface area (Å²) < 4.78 is 37.8. The number of rotatable bonds is 26. The fourth-order valence-electron chi connectivity index (χ4n) is 5.40. The van der Waals surface area contributed by atoms with Gasteiger partial charge < -0.3 is 4.74 Å². The summed E-state index contributed by atoms with van der Waals surface area (Å²) in [6, 6.07) is 19.7. The molecule has 0 aliphatic carbocycles. The van der Waals surface area contributed by atoms with Gasteiger partial charge in [-0.2, -0.15) is 8.42 Å². The van der Waals surface area contributed by atoms with E-state index in [1.807, 2.05) is 13.8 Å². The molecule has 9 heteroatoms. The Morgan fingerprint density at radius 3 is 1.31 bits per heavy atom. The second-order valence-corrected chi connectivity index (χ2v) is 13.3. The van der Waals surface area contributed by atoms with Crippen LogP contribution in [-0.4, -0.2) is 121 Å². The molecule has 0 unspecified atom stereocenters. The molecule has 0 heterocycles. The second kappa shape index (κ2) is 43.7. The number of hydrogen-bond donors (Lipinski definition) is 1. The predicted octanol–water partition coefficient (Wildman–Crippen LogP) is 10.6. The SMILES string of the molecule is CCCCCCCCCCCCOS(=O)(=O)O.CCCCCCCCCCCCc1ccccc1-c1ccccc1.CCOCC.[NaH].[NaH].[NaH]. The Kier molecular flexibility index (Phi) is 50.8. The molecule has 0 aliphatic rings. The molecule has 49 heavy (non-hydrogen) atoms. The van der Waals surface area contributed by atoms with Crippen LogP contribution in [0.15, 0.2) is 54.6 Å². The van der Waals surface area contributed by atoms with Gasteiger partial charge in [0, 0.05) is 13.2 Å². The Balaban J connectivity index is -0.000000358. The van der Waals surface area contributed by atoms with Crippen LogP contribution in [0, 0.1) is 0 Å². The van der Waals surface area contributed by atoms with Crippen molar-refractivity contribution in [2.45, 2.75) is 163 Å². The summed E-state index contributed by atoms with van der Waals surface area (Å²) in [6.45, 7) is 10.3. The quantitative estimate of drug-likeness (QED) is 0.0592. The van der Waals surface area contributed by atoms with Gasteiger partial charge in [-0.3, -0.25) is 4.55 Å². The molecule has 5 nitrogen and oxygen atoms in total. The number of ether oxygens (including phenoxy) is 1. The van der Waals surface area contributed by atoms with Gasteiger partial charge in [0.2, 0.25) is 0 Å². The number of benzene rings is 2. The van der Waals surface area contributed by atoms with Crippen molar-refractivity contribution in [2.24, 2.45) is 0 Å². The Morgan fingerprint density at radius 1 is 0.510 bits per heavy atom. The predicted molar refractivity (Wildman–Crippen MR) is 220 cm³/mol. The van der Waals surface area contributed by atoms with E-state index in [2.05, 4.69) is 72.6 Å². The third-order valence-corrected chi connectivity index (χ3v) is 8.50. The van der Waals surface area contributed by atoms with Crippen LogP contribution >= 0.6 is 0 Å². The molecule has 0 saturated heterocycles. The number of aryl methyl sites for hydroxylation is 1. The molecule has 0 aromatic heterocycles. The first-order valence-electron chi connectivity index (χ1n) is 18.7. The van der Waals surface area contributed by atoms with E-state index in [4.69, 9.17) is 9.29 Å². The van der Waals surface area contributed by atoms with Gasteiger partial charge in [0.25, 0.3) is 0 Å². The summed E-state index contributed by atoms with van der Waals surface area (Å²) >= 11 is 0. The summed E-state index contributed by atoms with van der Waals surface area (Å²) in [6.07, 6.45) is 27.1. The van der Waals surface area contributed by atoms with Crippen LogP contribution in [0.2, 0.25) is 0 Å². The van der Waals surface area contributed by atoms with Gasteiger partial charge in [-0.1, -0.05) is 184 Å². The van der Waals surface area contributed by atoms with Crippen LogP contribution in [0.3, 0.4) is 0 Å². The first kappa shape index (κ1) is 57.0. The first-order valence-corrected chi connectivity index (χ1v) is 20.1. The number of unbranched alkanes of at least 4 members (excludes halogenated alkanes) is 18. The molecule has 0 saturated carbocycles. The summed E-state index contributed by atoms with van der Waals surface area (Å²) in [5.41, 5.74) is 4.26. The van der Waals surface area contributed by atoms with Crippen LogP contribution in [0.1, 0.15) is 162 Å². The van der Waals surface area contributed by atoms with Crippen molar-refractivity contribution < 1.29 is 21.9 Å². The van der Waals surface area contributed by atoms with Crippen LogP contribution in [-0.2, 0) is 25.7 Å². The summed E-state index contributed by atoms with van der Waals surface area (Å²) in [5, 5.41) is 0. The van der Waals surface area contributed by atoms with Gasteiger partial charge in [0.05, 0.1) is 6.61 Å². The maximum absolute atomic E-state index is 10.2. The topological polar surface area (TPSA) is 72.8 Å². The zero-order chi connectivity index (χ0) is 34.0. The molecule has 0 fully saturated rings. The normalized spacial score (nSPS) is 10.3. The van der Waals surface area contributed by atoms with Crippen LogP contribution in [0.5, 0.6) is 0 Å². The van der Waals surface area contributed by atoms with Crippen LogP contribution in [0.25, 0.3) is 11.1 Å². The van der Waals surface area contributed by atoms with E-state index in [1.54, 1.807) is 0 Å². The van der Waals surface area contributed by atoms with Crippen LogP contribution in [0.4, 0.5) is 0 Å². The summed E-state index contributed by atoms with van der Waals surface area (Å²) in [7, 11) is -4.23. The van der Waals surface area contributed by atoms with E-state index in [1.165, 1.54) is 132 Å². The average molecular weight is 735 g/mol. The molecule has 272 valence electrons. The van der Waals surface area contributed by atoms with E-state index >= 15 is 0 Å². The molecule has 0 radical (unpaired) electrons. The standard InChI is InChI=1S/C24H34.C12H26O4S.C4H10O.3Na.3H/c1-2-3-4-5-6-7-8-9-10-12-17-23-20-15-16-21-24(23)22-18-13-11-14-19-22;1-2-3-4-5-6-7-8-9-10-11-12-16-17(13,14)15;1-3-5-4-2;;;;;;/h11,13-16,18-21H,2-10,12,17H2,1H3;2-12H2,1H3,(H,13,14,15);3-4H2,1-2H3;;;;;;. The molecule has 0 amide bonds. The van der Waals surface area contributed by atoms with Crippen molar-refractivity contribution in [1.29, 1.82) is 0 Å². The van der Waals surface area contributed by atoms with Crippen molar-refractivity contribution >= 4 is 99.1 Å². The third kappa shape index (κ3) is 40.3. The molecular formula is C40H73Na3O5S. The van der Waals surface area contributed by atoms with Crippen molar-refractivity contribution in [1.82, 2.24) is 0 Å². The molecular weight excluding hydrogens is 661 g/mol. The van der Waals surface area contributed by atoms with E-state index in [9.17, 15) is 8.42 Å². The Labute approximate surface area is 370 Å². The van der Waals surface area contributed by atoms with Gasteiger partial charge in [0.1, 0.15) is 0 Å². The van der Waals surface area contributed by atoms with Gasteiger partial charge in [-0.05, 0) is 49.8 Å². The molecule has 0 bridgehead atoms. The average Bonchev–Trinajstić information content (AvgIpc) is 3.05. The second-order valence-electron chi connectivity index (χ2n) is 12.2. The number of hydrogen-bond acceptors (Lipinski definition) is 4. The molecule has 2 rings (SSSR count). The first-order chi connectivity index (χ1) is 22.4. The van der Waals surface area contributed by atoms with E-state index in [0.717, 1.165) is 26.1 Å². The Hall–Kier alpha value is 1.27. The fraction of sp³-hybridized carbons (Fsp3) is 0.700. The van der Waals surface area contributed by atoms with Gasteiger partial charge in [-0.15, -0.1) is 0 Å². The molecule has 2 aromatic carbocycles. The van der Waals surface area contributed by atoms with Crippen molar-refractivity contribution in [3.8, 4) is 11.1 Å². The zero-order valence-electron chi connectivity index (χ0n) is 30.2. The Morgan fingerprint density at radius 2 is 0.898 bits per heavy atom. The van der Waals surface area contributed by atoms with Crippen molar-refractivity contribution in [3.63, 3.8) is 0 Å². The van der Waals surface area contributed by atoms with Gasteiger partial charge in [0.15, 0.2) is 0 Å². The fourth-order valence-corrected chi connectivity index (χ4v) is 5.73.